The van der Waals surface area contributed by atoms with Gasteiger partial charge >= 0.3 is 0 Å². The van der Waals surface area contributed by atoms with Crippen LogP contribution in [0.5, 0.6) is 0 Å². The first-order chi connectivity index (χ1) is 14.0. The minimum atomic E-state index is -0.303. The Labute approximate surface area is 162 Å². The number of rotatable bonds is 4. The number of hydrogen-bond acceptors (Lipinski definition) is 8. The van der Waals surface area contributed by atoms with E-state index in [1.54, 1.807) is 12.1 Å². The van der Waals surface area contributed by atoms with Crippen molar-refractivity contribution >= 4 is 21.8 Å². The second-order valence-corrected chi connectivity index (χ2v) is 7.16. The highest BCUT2D eigenvalue weighted by Crippen LogP contribution is 2.32. The average molecular weight is 389 g/mol. The van der Waals surface area contributed by atoms with E-state index in [0.29, 0.717) is 28.4 Å². The van der Waals surface area contributed by atoms with Gasteiger partial charge in [0.2, 0.25) is 0 Å². The molecule has 1 saturated carbocycles. The van der Waals surface area contributed by atoms with E-state index in [-0.39, 0.29) is 28.9 Å². The molecular formula is C18H15N9O2. The van der Waals surface area contributed by atoms with E-state index in [4.69, 9.17) is 5.26 Å². The van der Waals surface area contributed by atoms with Crippen molar-refractivity contribution in [2.45, 2.75) is 38.4 Å². The van der Waals surface area contributed by atoms with Crippen molar-refractivity contribution in [2.24, 2.45) is 0 Å². The highest BCUT2D eigenvalue weighted by molar-refractivity contribution is 5.93. The summed E-state index contributed by atoms with van der Waals surface area (Å²) in [6, 6.07) is 4.90. The molecule has 3 heterocycles. The summed E-state index contributed by atoms with van der Waals surface area (Å²) in [5, 5.41) is 25.8. The second-order valence-electron chi connectivity index (χ2n) is 7.16. The van der Waals surface area contributed by atoms with Gasteiger partial charge in [-0.05, 0) is 31.9 Å². The lowest BCUT2D eigenvalue weighted by molar-refractivity contribution is 0.394. The largest absolute Gasteiger partial charge is 0.294 e. The Morgan fingerprint density at radius 2 is 1.97 bits per heavy atom. The molecule has 5 rings (SSSR count). The first-order valence-corrected chi connectivity index (χ1v) is 9.15. The fourth-order valence-corrected chi connectivity index (χ4v) is 3.32. The number of nitriles is 1. The van der Waals surface area contributed by atoms with Gasteiger partial charge in [-0.3, -0.25) is 14.2 Å². The van der Waals surface area contributed by atoms with Crippen molar-refractivity contribution in [2.75, 3.05) is 0 Å². The fourth-order valence-electron chi connectivity index (χ4n) is 3.32. The van der Waals surface area contributed by atoms with Gasteiger partial charge in [0.05, 0.1) is 47.4 Å². The van der Waals surface area contributed by atoms with Crippen LogP contribution in [0.15, 0.2) is 34.2 Å². The highest BCUT2D eigenvalue weighted by atomic mass is 16.1. The molecule has 0 spiro atoms. The van der Waals surface area contributed by atoms with Crippen molar-refractivity contribution in [3.8, 4) is 6.07 Å². The van der Waals surface area contributed by atoms with Crippen LogP contribution in [0.3, 0.4) is 0 Å². The lowest BCUT2D eigenvalue weighted by atomic mass is 10.1. The molecule has 1 aromatic carbocycles. The molecule has 0 unspecified atom stereocenters. The van der Waals surface area contributed by atoms with Crippen molar-refractivity contribution in [1.82, 2.24) is 39.5 Å². The Bertz CT molecular complexity index is 1420. The third-order valence-electron chi connectivity index (χ3n) is 5.03. The van der Waals surface area contributed by atoms with Gasteiger partial charge < -0.3 is 0 Å². The van der Waals surface area contributed by atoms with E-state index in [1.165, 1.54) is 26.6 Å². The number of benzene rings is 1. The summed E-state index contributed by atoms with van der Waals surface area (Å²) in [6.45, 7) is 2.13. The van der Waals surface area contributed by atoms with Crippen LogP contribution in [0, 0.1) is 11.3 Å². The molecule has 0 amide bonds. The molecule has 144 valence electrons. The molecular weight excluding hydrogens is 374 g/mol. The van der Waals surface area contributed by atoms with E-state index in [0.717, 1.165) is 12.8 Å². The van der Waals surface area contributed by atoms with Gasteiger partial charge in [0, 0.05) is 0 Å². The monoisotopic (exact) mass is 389 g/mol. The number of aromatic nitrogens is 8. The normalized spacial score (nSPS) is 14.9. The quantitative estimate of drug-likeness (QED) is 0.462. The van der Waals surface area contributed by atoms with Gasteiger partial charge in [0.25, 0.3) is 11.1 Å². The van der Waals surface area contributed by atoms with Gasteiger partial charge in [0.15, 0.2) is 5.69 Å². The van der Waals surface area contributed by atoms with Crippen molar-refractivity contribution in [3.63, 3.8) is 0 Å². The van der Waals surface area contributed by atoms with Crippen molar-refractivity contribution in [1.29, 1.82) is 5.26 Å². The molecule has 1 aliphatic carbocycles. The summed E-state index contributed by atoms with van der Waals surface area (Å²) < 4.78 is 2.88. The zero-order valence-electron chi connectivity index (χ0n) is 15.4. The molecule has 0 radical (unpaired) electrons. The summed E-state index contributed by atoms with van der Waals surface area (Å²) >= 11 is 0. The predicted octanol–water partition coefficient (Wildman–Crippen LogP) is 0.561. The number of nitrogens with zero attached hydrogens (tertiary/aromatic N) is 9. The molecule has 11 heteroatoms. The first kappa shape index (κ1) is 17.2. The van der Waals surface area contributed by atoms with E-state index >= 15 is 0 Å². The summed E-state index contributed by atoms with van der Waals surface area (Å²) in [7, 11) is 0. The van der Waals surface area contributed by atoms with Crippen LogP contribution >= 0.6 is 0 Å². The Morgan fingerprint density at radius 3 is 2.69 bits per heavy atom. The SMILES string of the molecule is C[C@H](Cn1ncc(C#N)n1)n1cnc2cc3c(=O)n(C4CC4)nnc3cc2c1=O. The van der Waals surface area contributed by atoms with Crippen molar-refractivity contribution < 1.29 is 0 Å². The molecule has 1 fully saturated rings. The Balaban J connectivity index is 1.57. The smallest absolute Gasteiger partial charge is 0.277 e. The zero-order chi connectivity index (χ0) is 20.1. The van der Waals surface area contributed by atoms with Gasteiger partial charge in [-0.1, -0.05) is 5.21 Å². The molecule has 0 N–H and O–H groups in total. The Hall–Kier alpha value is -3.94. The van der Waals surface area contributed by atoms with Crippen LogP contribution in [0.4, 0.5) is 0 Å². The maximum absolute atomic E-state index is 13.0. The Morgan fingerprint density at radius 1 is 1.21 bits per heavy atom. The maximum atomic E-state index is 13.0. The second kappa shape index (κ2) is 6.30. The fraction of sp³-hybridized carbons (Fsp3) is 0.333. The lowest BCUT2D eigenvalue weighted by Crippen LogP contribution is -2.27. The molecule has 0 bridgehead atoms. The summed E-state index contributed by atoms with van der Waals surface area (Å²) in [4.78, 5) is 31.4. The third-order valence-corrected chi connectivity index (χ3v) is 5.03. The van der Waals surface area contributed by atoms with E-state index in [9.17, 15) is 9.59 Å². The average Bonchev–Trinajstić information content (AvgIpc) is 3.46. The van der Waals surface area contributed by atoms with E-state index < -0.39 is 0 Å². The summed E-state index contributed by atoms with van der Waals surface area (Å²) in [5.41, 5.74) is 0.545. The molecule has 0 aliphatic heterocycles. The topological polar surface area (TPSA) is 137 Å². The predicted molar refractivity (Wildman–Crippen MR) is 101 cm³/mol. The maximum Gasteiger partial charge on any atom is 0.277 e. The van der Waals surface area contributed by atoms with Crippen LogP contribution in [0.1, 0.15) is 37.5 Å². The molecule has 11 nitrogen and oxygen atoms in total. The van der Waals surface area contributed by atoms with Crippen LogP contribution in [0.25, 0.3) is 21.8 Å². The molecule has 3 aromatic heterocycles. The Kier molecular flexibility index (Phi) is 3.73. The lowest BCUT2D eigenvalue weighted by Gasteiger charge is -2.14. The summed E-state index contributed by atoms with van der Waals surface area (Å²) in [5.74, 6) is 0. The molecule has 1 atom stereocenters. The molecule has 4 aromatic rings. The molecule has 29 heavy (non-hydrogen) atoms. The standard InChI is InChI=1S/C18H15N9O2/c1-10(8-26-21-7-11(6-19)23-26)25-9-20-15-4-14-16(5-13(15)17(25)28)22-24-27(18(14)29)12-2-3-12/h4-5,7,9-10,12H,2-3,8H2,1H3/t10-/m1/s1. The van der Waals surface area contributed by atoms with Gasteiger partial charge in [-0.25, -0.2) is 9.67 Å². The summed E-state index contributed by atoms with van der Waals surface area (Å²) in [6.07, 6.45) is 4.67. The molecule has 0 saturated heterocycles. The van der Waals surface area contributed by atoms with Gasteiger partial charge in [-0.2, -0.15) is 15.2 Å². The van der Waals surface area contributed by atoms with E-state index in [1.807, 2.05) is 13.0 Å². The zero-order valence-corrected chi connectivity index (χ0v) is 15.4. The highest BCUT2D eigenvalue weighted by Gasteiger charge is 2.27. The van der Waals surface area contributed by atoms with Gasteiger partial charge in [0.1, 0.15) is 11.6 Å². The van der Waals surface area contributed by atoms with Crippen LogP contribution in [0.2, 0.25) is 0 Å². The minimum Gasteiger partial charge on any atom is -0.294 e. The van der Waals surface area contributed by atoms with Crippen LogP contribution < -0.4 is 11.1 Å². The number of hydrogen-bond donors (Lipinski definition) is 0. The molecule has 1 aliphatic rings. The van der Waals surface area contributed by atoms with Gasteiger partial charge in [-0.15, -0.1) is 10.2 Å². The van der Waals surface area contributed by atoms with Crippen LogP contribution in [-0.4, -0.2) is 39.5 Å². The number of fused-ring (bicyclic) bond motifs is 2. The van der Waals surface area contributed by atoms with E-state index in [2.05, 4.69) is 25.5 Å². The first-order valence-electron chi connectivity index (χ1n) is 9.15. The van der Waals surface area contributed by atoms with Crippen molar-refractivity contribution in [3.05, 3.63) is 51.1 Å². The third kappa shape index (κ3) is 2.85. The van der Waals surface area contributed by atoms with Crippen LogP contribution in [-0.2, 0) is 6.54 Å². The minimum absolute atomic E-state index is 0.120.